The molecule has 7 nitrogen and oxygen atoms in total. The van der Waals surface area contributed by atoms with Crippen LogP contribution in [-0.2, 0) is 27.0 Å². The first-order chi connectivity index (χ1) is 12.1. The third-order valence-electron chi connectivity index (χ3n) is 4.05. The lowest BCUT2D eigenvalue weighted by atomic mass is 10.1. The van der Waals surface area contributed by atoms with Gasteiger partial charge in [0, 0.05) is 6.20 Å². The van der Waals surface area contributed by atoms with Crippen LogP contribution >= 0.6 is 0 Å². The van der Waals surface area contributed by atoms with Crippen molar-refractivity contribution in [2.24, 2.45) is 5.73 Å². The van der Waals surface area contributed by atoms with Gasteiger partial charge in [0.25, 0.3) is 0 Å². The van der Waals surface area contributed by atoms with E-state index in [1.165, 1.54) is 0 Å². The largest absolute Gasteiger partial charge is 0.417 e. The van der Waals surface area contributed by atoms with E-state index >= 15 is 0 Å². The van der Waals surface area contributed by atoms with Crippen LogP contribution < -0.4 is 11.9 Å². The number of halogens is 5. The first-order valence-electron chi connectivity index (χ1n) is 7.65. The lowest BCUT2D eigenvalue weighted by Crippen LogP contribution is -2.49. The van der Waals surface area contributed by atoms with Gasteiger partial charge in [-0.05, 0) is 31.4 Å². The minimum Gasteiger partial charge on any atom is -0.361 e. The van der Waals surface area contributed by atoms with E-state index in [0.29, 0.717) is 12.6 Å². The molecule has 1 aliphatic rings. The standard InChI is InChI=1S/C15H16F5N3O3.H3N/c16-14(17)26-11-3-1-2-10(11)23(13(25)12(21)24)7-9-5-4-8(6-22-9)15(18,19)20;/h4-6,10-11,14H,1-3,7H2,(H2,21,24);1H3/t10-,11-;/m1./s1. The SMILES string of the molecule is N.NC(=O)C(=O)N(Cc1ccc(C(F)(F)F)cn1)[C@@H]1CCC[C@H]1OC(F)F. The molecule has 2 rings (SSSR count). The molecule has 0 aromatic carbocycles. The van der Waals surface area contributed by atoms with Crippen LogP contribution in [0.3, 0.4) is 0 Å². The molecule has 27 heavy (non-hydrogen) atoms. The zero-order valence-electron chi connectivity index (χ0n) is 14.1. The lowest BCUT2D eigenvalue weighted by molar-refractivity contribution is -0.178. The van der Waals surface area contributed by atoms with E-state index in [0.717, 1.165) is 17.0 Å². The van der Waals surface area contributed by atoms with Gasteiger partial charge >= 0.3 is 24.6 Å². The second kappa shape index (κ2) is 9.04. The quantitative estimate of drug-likeness (QED) is 0.582. The Bertz CT molecular complexity index is 654. The number of aromatic nitrogens is 1. The Morgan fingerprint density at radius 2 is 1.96 bits per heavy atom. The molecule has 0 unspecified atom stereocenters. The van der Waals surface area contributed by atoms with Gasteiger partial charge in [0.15, 0.2) is 0 Å². The number of alkyl halides is 5. The minimum atomic E-state index is -4.57. The molecule has 0 saturated heterocycles. The number of carbonyl (C=O) groups excluding carboxylic acids is 2. The van der Waals surface area contributed by atoms with Gasteiger partial charge in [-0.15, -0.1) is 0 Å². The first kappa shape index (κ1) is 22.7. The molecule has 1 saturated carbocycles. The second-order valence-corrected chi connectivity index (χ2v) is 5.77. The van der Waals surface area contributed by atoms with Gasteiger partial charge in [-0.25, -0.2) is 0 Å². The number of primary amides is 1. The van der Waals surface area contributed by atoms with Crippen molar-refractivity contribution in [3.05, 3.63) is 29.6 Å². The molecule has 1 aliphatic carbocycles. The Balaban J connectivity index is 0.00000364. The Kier molecular flexibility index (Phi) is 7.60. The molecule has 0 aliphatic heterocycles. The molecule has 152 valence electrons. The Hall–Kier alpha value is -2.34. The summed E-state index contributed by atoms with van der Waals surface area (Å²) in [6.07, 6.45) is -3.98. The van der Waals surface area contributed by atoms with Crippen LogP contribution in [0.15, 0.2) is 18.3 Å². The highest BCUT2D eigenvalue weighted by Gasteiger charge is 2.39. The Morgan fingerprint density at radius 1 is 1.30 bits per heavy atom. The van der Waals surface area contributed by atoms with Crippen molar-refractivity contribution in [3.63, 3.8) is 0 Å². The molecule has 1 fully saturated rings. The van der Waals surface area contributed by atoms with Crippen molar-refractivity contribution >= 4 is 11.8 Å². The molecule has 0 spiro atoms. The summed E-state index contributed by atoms with van der Waals surface area (Å²) in [6, 6.07) is 0.965. The predicted molar refractivity (Wildman–Crippen MR) is 82.5 cm³/mol. The third kappa shape index (κ3) is 5.82. The molecular formula is C15H19F5N4O3. The van der Waals surface area contributed by atoms with Gasteiger partial charge in [0.1, 0.15) is 0 Å². The number of ether oxygens (including phenoxy) is 1. The topological polar surface area (TPSA) is 121 Å². The van der Waals surface area contributed by atoms with E-state index in [4.69, 9.17) is 5.73 Å². The summed E-state index contributed by atoms with van der Waals surface area (Å²) in [6.45, 7) is -3.41. The van der Waals surface area contributed by atoms with Crippen LogP contribution in [0.5, 0.6) is 0 Å². The average Bonchev–Trinajstić information content (AvgIpc) is 2.98. The monoisotopic (exact) mass is 398 g/mol. The van der Waals surface area contributed by atoms with Crippen LogP contribution in [0.25, 0.3) is 0 Å². The van der Waals surface area contributed by atoms with E-state index in [-0.39, 0.29) is 31.2 Å². The summed E-state index contributed by atoms with van der Waals surface area (Å²) in [7, 11) is 0. The highest BCUT2D eigenvalue weighted by Crippen LogP contribution is 2.31. The summed E-state index contributed by atoms with van der Waals surface area (Å²) in [5.74, 6) is -2.44. The van der Waals surface area contributed by atoms with Crippen molar-refractivity contribution in [1.29, 1.82) is 0 Å². The molecule has 1 heterocycles. The normalized spacial score (nSPS) is 19.6. The number of rotatable bonds is 5. The number of hydrogen-bond acceptors (Lipinski definition) is 5. The maximum absolute atomic E-state index is 12.6. The maximum Gasteiger partial charge on any atom is 0.417 e. The number of pyridine rings is 1. The molecule has 2 atom stereocenters. The number of nitrogens with zero attached hydrogens (tertiary/aromatic N) is 2. The van der Waals surface area contributed by atoms with Gasteiger partial charge in [-0.3, -0.25) is 14.6 Å². The van der Waals surface area contributed by atoms with E-state index in [9.17, 15) is 31.5 Å². The molecule has 12 heteroatoms. The van der Waals surface area contributed by atoms with Crippen LogP contribution in [-0.4, -0.2) is 40.5 Å². The summed E-state index contributed by atoms with van der Waals surface area (Å²) in [5, 5.41) is 0. The molecule has 0 bridgehead atoms. The lowest BCUT2D eigenvalue weighted by Gasteiger charge is -2.31. The third-order valence-corrected chi connectivity index (χ3v) is 4.05. The fraction of sp³-hybridized carbons (Fsp3) is 0.533. The number of amides is 2. The van der Waals surface area contributed by atoms with Crippen molar-refractivity contribution in [2.45, 2.75) is 50.7 Å². The zero-order chi connectivity index (χ0) is 19.5. The molecule has 1 aromatic rings. The van der Waals surface area contributed by atoms with Crippen LogP contribution in [0.2, 0.25) is 0 Å². The van der Waals surface area contributed by atoms with Crippen LogP contribution in [0, 0.1) is 0 Å². The van der Waals surface area contributed by atoms with Gasteiger partial charge in [-0.1, -0.05) is 0 Å². The van der Waals surface area contributed by atoms with Gasteiger partial charge in [0.05, 0.1) is 29.9 Å². The number of hydrogen-bond donors (Lipinski definition) is 2. The zero-order valence-corrected chi connectivity index (χ0v) is 14.1. The fourth-order valence-electron chi connectivity index (χ4n) is 2.90. The van der Waals surface area contributed by atoms with Gasteiger partial charge in [0.2, 0.25) is 0 Å². The van der Waals surface area contributed by atoms with Gasteiger partial charge in [-0.2, -0.15) is 22.0 Å². The molecular weight excluding hydrogens is 379 g/mol. The molecule has 5 N–H and O–H groups in total. The summed E-state index contributed by atoms with van der Waals surface area (Å²) >= 11 is 0. The maximum atomic E-state index is 12.6. The molecule has 0 radical (unpaired) electrons. The highest BCUT2D eigenvalue weighted by molar-refractivity contribution is 6.34. The summed E-state index contributed by atoms with van der Waals surface area (Å²) in [5.41, 5.74) is 4.07. The fourth-order valence-corrected chi connectivity index (χ4v) is 2.90. The van der Waals surface area contributed by atoms with E-state index in [1.807, 2.05) is 0 Å². The highest BCUT2D eigenvalue weighted by atomic mass is 19.4. The van der Waals surface area contributed by atoms with Crippen LogP contribution in [0.4, 0.5) is 22.0 Å². The van der Waals surface area contributed by atoms with E-state index in [2.05, 4.69) is 9.72 Å². The average molecular weight is 398 g/mol. The summed E-state index contributed by atoms with van der Waals surface area (Å²) in [4.78, 5) is 27.9. The van der Waals surface area contributed by atoms with Crippen molar-refractivity contribution in [2.75, 3.05) is 0 Å². The number of carbonyl (C=O) groups is 2. The molecule has 1 aromatic heterocycles. The summed E-state index contributed by atoms with van der Waals surface area (Å²) < 4.78 is 67.3. The molecule has 2 amide bonds. The van der Waals surface area contributed by atoms with Crippen molar-refractivity contribution in [3.8, 4) is 0 Å². The number of nitrogens with two attached hydrogens (primary N) is 1. The predicted octanol–water partition coefficient (Wildman–Crippen LogP) is 2.24. The minimum absolute atomic E-state index is 0. The van der Waals surface area contributed by atoms with Gasteiger partial charge < -0.3 is 21.5 Å². The Labute approximate surface area is 151 Å². The smallest absolute Gasteiger partial charge is 0.361 e. The van der Waals surface area contributed by atoms with Crippen molar-refractivity contribution < 1.29 is 36.3 Å². The Morgan fingerprint density at radius 3 is 2.44 bits per heavy atom. The first-order valence-corrected chi connectivity index (χ1v) is 7.65. The van der Waals surface area contributed by atoms with E-state index in [1.54, 1.807) is 0 Å². The van der Waals surface area contributed by atoms with Crippen LogP contribution in [0.1, 0.15) is 30.5 Å². The van der Waals surface area contributed by atoms with E-state index < -0.39 is 42.3 Å². The second-order valence-electron chi connectivity index (χ2n) is 5.77. The van der Waals surface area contributed by atoms with Crippen molar-refractivity contribution in [1.82, 2.24) is 16.0 Å².